The second-order valence-corrected chi connectivity index (χ2v) is 9.60. The van der Waals surface area contributed by atoms with Gasteiger partial charge in [0.2, 0.25) is 0 Å². The average Bonchev–Trinajstić information content (AvgIpc) is 3.14. The van der Waals surface area contributed by atoms with Crippen molar-refractivity contribution in [1.29, 1.82) is 0 Å². The van der Waals surface area contributed by atoms with Gasteiger partial charge in [0, 0.05) is 6.54 Å². The fourth-order valence-corrected chi connectivity index (χ4v) is 6.29. The molecule has 1 spiro atoms. The normalized spacial score (nSPS) is 34.1. The number of likely N-dealkylation sites (tertiary alicyclic amines) is 1. The maximum atomic E-state index is 4.63. The molecule has 6 rings (SSSR count). The van der Waals surface area contributed by atoms with Crippen molar-refractivity contribution in [3.8, 4) is 0 Å². The largest absolute Gasteiger partial charge is 0.303 e. The van der Waals surface area contributed by atoms with Crippen molar-refractivity contribution in [1.82, 2.24) is 24.7 Å². The summed E-state index contributed by atoms with van der Waals surface area (Å²) in [7, 11) is 0. The maximum absolute atomic E-state index is 4.63. The molecule has 0 N–H and O–H groups in total. The van der Waals surface area contributed by atoms with Gasteiger partial charge in [-0.2, -0.15) is 5.10 Å². The second kappa shape index (κ2) is 6.13. The van der Waals surface area contributed by atoms with E-state index in [9.17, 15) is 0 Å². The van der Waals surface area contributed by atoms with E-state index in [0.717, 1.165) is 35.7 Å². The van der Waals surface area contributed by atoms with Gasteiger partial charge in [0.25, 0.3) is 0 Å². The molecular formula is C22H29N5. The molecule has 27 heavy (non-hydrogen) atoms. The van der Waals surface area contributed by atoms with Crippen LogP contribution in [0.25, 0.3) is 5.65 Å². The third-order valence-electron chi connectivity index (χ3n) is 8.09. The highest BCUT2D eigenvalue weighted by Crippen LogP contribution is 2.61. The van der Waals surface area contributed by atoms with Crippen LogP contribution >= 0.6 is 0 Å². The summed E-state index contributed by atoms with van der Waals surface area (Å²) in [5.41, 5.74) is 2.68. The molecule has 4 aliphatic rings. The molecule has 2 aromatic heterocycles. The zero-order valence-corrected chi connectivity index (χ0v) is 16.0. The van der Waals surface area contributed by atoms with Crippen LogP contribution in [0.2, 0.25) is 0 Å². The summed E-state index contributed by atoms with van der Waals surface area (Å²) < 4.78 is 1.79. The topological polar surface area (TPSA) is 46.3 Å². The van der Waals surface area contributed by atoms with Crippen molar-refractivity contribution in [2.45, 2.75) is 44.9 Å². The van der Waals surface area contributed by atoms with E-state index < -0.39 is 0 Å². The predicted molar refractivity (Wildman–Crippen MR) is 104 cm³/mol. The van der Waals surface area contributed by atoms with Crippen LogP contribution in [0.5, 0.6) is 0 Å². The van der Waals surface area contributed by atoms with E-state index in [2.05, 4.69) is 38.4 Å². The molecule has 0 aromatic carbocycles. The first-order valence-electron chi connectivity index (χ1n) is 10.8. The van der Waals surface area contributed by atoms with E-state index in [1.165, 1.54) is 63.9 Å². The van der Waals surface area contributed by atoms with E-state index in [1.54, 1.807) is 10.8 Å². The average molecular weight is 364 g/mol. The Morgan fingerprint density at radius 3 is 2.85 bits per heavy atom. The molecule has 3 aliphatic carbocycles. The molecule has 4 atom stereocenters. The smallest absolute Gasteiger partial charge is 0.177 e. The first-order valence-corrected chi connectivity index (χ1v) is 10.8. The van der Waals surface area contributed by atoms with Gasteiger partial charge in [0.05, 0.1) is 5.69 Å². The Morgan fingerprint density at radius 2 is 2.04 bits per heavy atom. The van der Waals surface area contributed by atoms with Crippen LogP contribution in [0.4, 0.5) is 0 Å². The summed E-state index contributed by atoms with van der Waals surface area (Å²) in [4.78, 5) is 2.78. The molecule has 142 valence electrons. The maximum Gasteiger partial charge on any atom is 0.177 e. The Morgan fingerprint density at radius 1 is 1.11 bits per heavy atom. The summed E-state index contributed by atoms with van der Waals surface area (Å²) in [5, 5.41) is 12.6. The molecule has 3 heterocycles. The van der Waals surface area contributed by atoms with Crippen LogP contribution in [-0.4, -0.2) is 44.3 Å². The van der Waals surface area contributed by atoms with Gasteiger partial charge in [-0.25, -0.2) is 4.52 Å². The van der Waals surface area contributed by atoms with Crippen molar-refractivity contribution in [3.63, 3.8) is 0 Å². The minimum atomic E-state index is 0.672. The van der Waals surface area contributed by atoms with Crippen LogP contribution in [0.1, 0.15) is 44.2 Å². The molecule has 0 radical (unpaired) electrons. The number of hydrogen-bond acceptors (Lipinski definition) is 4. The lowest BCUT2D eigenvalue weighted by atomic mass is 9.87. The summed E-state index contributed by atoms with van der Waals surface area (Å²) in [6.45, 7) is 4.02. The predicted octanol–water partition coefficient (Wildman–Crippen LogP) is 3.37. The lowest BCUT2D eigenvalue weighted by Gasteiger charge is -2.35. The Bertz CT molecular complexity index is 862. The van der Waals surface area contributed by atoms with E-state index in [4.69, 9.17) is 0 Å². The van der Waals surface area contributed by atoms with Gasteiger partial charge >= 0.3 is 0 Å². The molecule has 2 aromatic rings. The monoisotopic (exact) mass is 363 g/mol. The van der Waals surface area contributed by atoms with Crippen molar-refractivity contribution >= 4 is 5.65 Å². The van der Waals surface area contributed by atoms with Crippen molar-refractivity contribution in [2.75, 3.05) is 19.6 Å². The Kier molecular flexibility index (Phi) is 3.68. The van der Waals surface area contributed by atoms with E-state index in [1.807, 2.05) is 6.07 Å². The van der Waals surface area contributed by atoms with Crippen LogP contribution < -0.4 is 0 Å². The minimum Gasteiger partial charge on any atom is -0.303 e. The van der Waals surface area contributed by atoms with Crippen LogP contribution in [0, 0.1) is 29.1 Å². The van der Waals surface area contributed by atoms with Gasteiger partial charge in [-0.15, -0.1) is 10.2 Å². The van der Waals surface area contributed by atoms with E-state index >= 15 is 0 Å². The number of nitrogens with zero attached hydrogens (tertiary/aromatic N) is 5. The number of allylic oxidation sites excluding steroid dienone is 2. The van der Waals surface area contributed by atoms with Gasteiger partial charge < -0.3 is 4.90 Å². The van der Waals surface area contributed by atoms with Gasteiger partial charge in [-0.1, -0.05) is 12.2 Å². The number of aryl methyl sites for hydroxylation is 1. The molecule has 1 saturated heterocycles. The Labute approximate surface area is 160 Å². The molecule has 2 bridgehead atoms. The highest BCUT2D eigenvalue weighted by molar-refractivity contribution is 5.34. The van der Waals surface area contributed by atoms with Crippen LogP contribution in [-0.2, 0) is 6.42 Å². The molecular weight excluding hydrogens is 334 g/mol. The van der Waals surface area contributed by atoms with Crippen LogP contribution in [0.15, 0.2) is 30.6 Å². The quantitative estimate of drug-likeness (QED) is 0.764. The van der Waals surface area contributed by atoms with E-state index in [-0.39, 0.29) is 0 Å². The lowest BCUT2D eigenvalue weighted by Crippen LogP contribution is -2.39. The van der Waals surface area contributed by atoms with Gasteiger partial charge in [-0.05, 0) is 99.3 Å². The molecule has 5 nitrogen and oxygen atoms in total. The van der Waals surface area contributed by atoms with Gasteiger partial charge in [-0.3, -0.25) is 0 Å². The second-order valence-electron chi connectivity index (χ2n) is 9.60. The zero-order valence-electron chi connectivity index (χ0n) is 16.0. The number of hydrogen-bond donors (Lipinski definition) is 0. The third-order valence-corrected chi connectivity index (χ3v) is 8.09. The molecule has 0 amide bonds. The van der Waals surface area contributed by atoms with Crippen molar-refractivity contribution < 1.29 is 0 Å². The first kappa shape index (κ1) is 16.2. The number of rotatable bonds is 5. The van der Waals surface area contributed by atoms with Gasteiger partial charge in [0.1, 0.15) is 6.33 Å². The van der Waals surface area contributed by atoms with Gasteiger partial charge in [0.15, 0.2) is 5.65 Å². The highest BCUT2D eigenvalue weighted by Gasteiger charge is 2.54. The number of aromatic nitrogens is 4. The minimum absolute atomic E-state index is 0.672. The summed E-state index contributed by atoms with van der Waals surface area (Å²) >= 11 is 0. The molecule has 3 fully saturated rings. The lowest BCUT2D eigenvalue weighted by molar-refractivity contribution is 0.135. The Balaban J connectivity index is 0.997. The molecule has 5 heteroatoms. The first-order chi connectivity index (χ1) is 13.3. The number of fused-ring (bicyclic) bond motifs is 3. The van der Waals surface area contributed by atoms with E-state index in [0.29, 0.717) is 5.41 Å². The fourth-order valence-electron chi connectivity index (χ4n) is 6.29. The molecule has 2 saturated carbocycles. The number of piperidine rings is 1. The molecule has 4 unspecified atom stereocenters. The van der Waals surface area contributed by atoms with Crippen molar-refractivity contribution in [3.05, 3.63) is 36.3 Å². The standard InChI is InChI=1S/C22H29N5/c1-2-17-11-16(1)12-18(17)14-26-9-7-22(8-10-26)13-19(22)3-4-20-5-6-21-24-23-15-27(21)25-20/h1-2,5-6,15-19H,3-4,7-14H2. The summed E-state index contributed by atoms with van der Waals surface area (Å²) in [5.74, 6) is 3.68. The summed E-state index contributed by atoms with van der Waals surface area (Å²) in [6.07, 6.45) is 16.2. The Hall–Kier alpha value is -1.75. The zero-order chi connectivity index (χ0) is 17.8. The molecule has 1 aliphatic heterocycles. The van der Waals surface area contributed by atoms with Crippen LogP contribution in [0.3, 0.4) is 0 Å². The highest BCUT2D eigenvalue weighted by atomic mass is 15.3. The summed E-state index contributed by atoms with van der Waals surface area (Å²) in [6, 6.07) is 4.15. The third kappa shape index (κ3) is 2.91. The SMILES string of the molecule is C1=CC2CC1CC2CN1CCC2(CC1)CC2CCc1ccc2nncn2n1. The fraction of sp³-hybridized carbons (Fsp3) is 0.682. The van der Waals surface area contributed by atoms with Crippen molar-refractivity contribution in [2.24, 2.45) is 29.1 Å².